The van der Waals surface area contributed by atoms with E-state index in [0.29, 0.717) is 22.3 Å². The van der Waals surface area contributed by atoms with Crippen LogP contribution in [0.2, 0.25) is 10.0 Å². The van der Waals surface area contributed by atoms with Gasteiger partial charge in [0.25, 0.3) is 0 Å². The average molecular weight is 307 g/mol. The molecule has 0 aliphatic carbocycles. The number of nitrogens with zero attached hydrogens (tertiary/aromatic N) is 1. The first-order valence-electron chi connectivity index (χ1n) is 5.97. The topological polar surface area (TPSA) is 45.0 Å². The molecule has 2 rings (SSSR count). The van der Waals surface area contributed by atoms with Gasteiger partial charge in [-0.3, -0.25) is 0 Å². The number of anilines is 1. The summed E-state index contributed by atoms with van der Waals surface area (Å²) in [6, 6.07) is 14.9. The maximum Gasteiger partial charge on any atom is 0.174 e. The molecule has 20 heavy (non-hydrogen) atoms. The van der Waals surface area contributed by atoms with E-state index in [1.165, 1.54) is 0 Å². The predicted molar refractivity (Wildman–Crippen MR) is 81.3 cm³/mol. The van der Waals surface area contributed by atoms with Crippen LogP contribution in [0.5, 0.6) is 5.75 Å². The number of hydrogen-bond acceptors (Lipinski definition) is 3. The summed E-state index contributed by atoms with van der Waals surface area (Å²) in [7, 11) is 0. The largest absolute Gasteiger partial charge is 0.478 e. The highest BCUT2D eigenvalue weighted by molar-refractivity contribution is 6.42. The van der Waals surface area contributed by atoms with Gasteiger partial charge in [0.2, 0.25) is 0 Å². The summed E-state index contributed by atoms with van der Waals surface area (Å²) in [6.07, 6.45) is 0. The van der Waals surface area contributed by atoms with Crippen molar-refractivity contribution in [2.24, 2.45) is 0 Å². The van der Waals surface area contributed by atoms with E-state index in [4.69, 9.17) is 33.2 Å². The zero-order chi connectivity index (χ0) is 14.4. The van der Waals surface area contributed by atoms with E-state index in [0.717, 1.165) is 11.3 Å². The summed E-state index contributed by atoms with van der Waals surface area (Å²) in [6.45, 7) is 0.601. The Morgan fingerprint density at radius 2 is 1.90 bits per heavy atom. The molecule has 102 valence electrons. The molecule has 3 nitrogen and oxygen atoms in total. The molecule has 0 fully saturated rings. The molecule has 0 aliphatic heterocycles. The Balaban J connectivity index is 2.06. The van der Waals surface area contributed by atoms with E-state index >= 15 is 0 Å². The van der Waals surface area contributed by atoms with Gasteiger partial charge >= 0.3 is 0 Å². The molecule has 0 radical (unpaired) electrons. The lowest BCUT2D eigenvalue weighted by molar-refractivity contribution is 0.364. The maximum atomic E-state index is 8.57. The van der Waals surface area contributed by atoms with Gasteiger partial charge in [-0.2, -0.15) is 5.26 Å². The van der Waals surface area contributed by atoms with Crippen molar-refractivity contribution in [3.8, 4) is 11.8 Å². The quantitative estimate of drug-likeness (QED) is 0.884. The predicted octanol–water partition coefficient (Wildman–Crippen LogP) is 4.51. The van der Waals surface area contributed by atoms with Gasteiger partial charge in [-0.1, -0.05) is 41.4 Å². The van der Waals surface area contributed by atoms with Crippen LogP contribution in [0.25, 0.3) is 0 Å². The third-order valence-corrected chi connectivity index (χ3v) is 3.41. The van der Waals surface area contributed by atoms with Crippen LogP contribution in [0.3, 0.4) is 0 Å². The number of hydrogen-bond donors (Lipinski definition) is 1. The molecule has 0 saturated heterocycles. The first-order valence-corrected chi connectivity index (χ1v) is 6.73. The lowest BCUT2D eigenvalue weighted by atomic mass is 10.2. The molecule has 0 aliphatic rings. The number of rotatable bonds is 5. The Bertz CT molecular complexity index is 638. The molecule has 0 heterocycles. The van der Waals surface area contributed by atoms with Crippen molar-refractivity contribution in [1.82, 2.24) is 0 Å². The van der Waals surface area contributed by atoms with Crippen LogP contribution in [-0.4, -0.2) is 6.61 Å². The van der Waals surface area contributed by atoms with E-state index < -0.39 is 0 Å². The number of nitriles is 1. The highest BCUT2D eigenvalue weighted by Crippen LogP contribution is 2.26. The summed E-state index contributed by atoms with van der Waals surface area (Å²) >= 11 is 11.8. The second-order valence-corrected chi connectivity index (χ2v) is 4.85. The first kappa shape index (κ1) is 14.5. The molecule has 0 aromatic heterocycles. The molecule has 0 atom stereocenters. The molecule has 0 amide bonds. The average Bonchev–Trinajstić information content (AvgIpc) is 2.47. The number of nitrogens with one attached hydrogen (secondary N) is 1. The van der Waals surface area contributed by atoms with Crippen LogP contribution in [-0.2, 0) is 6.54 Å². The lowest BCUT2D eigenvalue weighted by Gasteiger charge is -2.11. The minimum Gasteiger partial charge on any atom is -0.478 e. The highest BCUT2D eigenvalue weighted by atomic mass is 35.5. The van der Waals surface area contributed by atoms with E-state index in [2.05, 4.69) is 5.32 Å². The Morgan fingerprint density at radius 3 is 2.65 bits per heavy atom. The van der Waals surface area contributed by atoms with Crippen molar-refractivity contribution in [1.29, 1.82) is 5.26 Å². The number of ether oxygens (including phenoxy) is 1. The Morgan fingerprint density at radius 1 is 1.10 bits per heavy atom. The fourth-order valence-corrected chi connectivity index (χ4v) is 2.00. The molecular weight excluding hydrogens is 295 g/mol. The van der Waals surface area contributed by atoms with Gasteiger partial charge in [0, 0.05) is 17.8 Å². The van der Waals surface area contributed by atoms with Crippen LogP contribution in [0.4, 0.5) is 5.69 Å². The Labute approximate surface area is 127 Å². The fraction of sp³-hybridized carbons (Fsp3) is 0.133. The third-order valence-electron chi connectivity index (χ3n) is 2.67. The Hall–Kier alpha value is -1.89. The standard InChI is InChI=1S/C15H12Cl2N2O/c16-13-6-5-12(9-14(13)17)19-10-11-3-1-2-4-15(11)20-8-7-18/h1-6,9,19H,8,10H2. The highest BCUT2D eigenvalue weighted by Gasteiger charge is 2.04. The van der Waals surface area contributed by atoms with Gasteiger partial charge < -0.3 is 10.1 Å². The summed E-state index contributed by atoms with van der Waals surface area (Å²) < 4.78 is 5.37. The minimum absolute atomic E-state index is 0.0315. The normalized spacial score (nSPS) is 9.85. The zero-order valence-electron chi connectivity index (χ0n) is 10.6. The van der Waals surface area contributed by atoms with Crippen LogP contribution in [0.1, 0.15) is 5.56 Å². The molecular formula is C15H12Cl2N2O. The SMILES string of the molecule is N#CCOc1ccccc1CNc1ccc(Cl)c(Cl)c1. The third kappa shape index (κ3) is 3.80. The van der Waals surface area contributed by atoms with Crippen molar-refractivity contribution in [2.75, 3.05) is 11.9 Å². The lowest BCUT2D eigenvalue weighted by Crippen LogP contribution is -2.03. The van der Waals surface area contributed by atoms with E-state index in [9.17, 15) is 0 Å². The van der Waals surface area contributed by atoms with Gasteiger partial charge in [-0.05, 0) is 24.3 Å². The summed E-state index contributed by atoms with van der Waals surface area (Å²) in [5.74, 6) is 0.696. The van der Waals surface area contributed by atoms with E-state index in [1.807, 2.05) is 36.4 Å². The minimum atomic E-state index is 0.0315. The molecule has 0 saturated carbocycles. The second-order valence-electron chi connectivity index (χ2n) is 4.04. The maximum absolute atomic E-state index is 8.57. The van der Waals surface area contributed by atoms with Gasteiger partial charge in [0.1, 0.15) is 11.8 Å². The number of para-hydroxylation sites is 1. The van der Waals surface area contributed by atoms with E-state index in [1.54, 1.807) is 12.1 Å². The Kier molecular flexibility index (Phi) is 5.11. The molecule has 0 unspecified atom stereocenters. The van der Waals surface area contributed by atoms with Crippen molar-refractivity contribution in [3.05, 3.63) is 58.1 Å². The fourth-order valence-electron chi connectivity index (χ4n) is 1.70. The molecule has 5 heteroatoms. The van der Waals surface area contributed by atoms with Crippen LogP contribution in [0, 0.1) is 11.3 Å². The molecule has 1 N–H and O–H groups in total. The van der Waals surface area contributed by atoms with Crippen LogP contribution in [0.15, 0.2) is 42.5 Å². The summed E-state index contributed by atoms with van der Waals surface area (Å²) in [5, 5.41) is 12.8. The second kappa shape index (κ2) is 7.04. The molecule has 0 spiro atoms. The number of benzene rings is 2. The van der Waals surface area contributed by atoms with Gasteiger partial charge in [-0.25, -0.2) is 0 Å². The van der Waals surface area contributed by atoms with Crippen LogP contribution < -0.4 is 10.1 Å². The molecule has 2 aromatic rings. The van der Waals surface area contributed by atoms with Crippen LogP contribution >= 0.6 is 23.2 Å². The van der Waals surface area contributed by atoms with Crippen molar-refractivity contribution in [3.63, 3.8) is 0 Å². The van der Waals surface area contributed by atoms with Crippen molar-refractivity contribution >= 4 is 28.9 Å². The monoisotopic (exact) mass is 306 g/mol. The van der Waals surface area contributed by atoms with Crippen molar-refractivity contribution < 1.29 is 4.74 Å². The molecule has 2 aromatic carbocycles. The smallest absolute Gasteiger partial charge is 0.174 e. The van der Waals surface area contributed by atoms with Crippen molar-refractivity contribution in [2.45, 2.75) is 6.54 Å². The van der Waals surface area contributed by atoms with Gasteiger partial charge in [0.05, 0.1) is 10.0 Å². The first-order chi connectivity index (χ1) is 9.70. The van der Waals surface area contributed by atoms with Gasteiger partial charge in [-0.15, -0.1) is 0 Å². The zero-order valence-corrected chi connectivity index (χ0v) is 12.1. The van der Waals surface area contributed by atoms with E-state index in [-0.39, 0.29) is 6.61 Å². The summed E-state index contributed by atoms with van der Waals surface area (Å²) in [4.78, 5) is 0. The summed E-state index contributed by atoms with van der Waals surface area (Å²) in [5.41, 5.74) is 1.84. The molecule has 0 bridgehead atoms. The number of halogens is 2. The van der Waals surface area contributed by atoms with Gasteiger partial charge in [0.15, 0.2) is 6.61 Å².